The van der Waals surface area contributed by atoms with Crippen LogP contribution in [0, 0.1) is 11.8 Å². The zero-order valence-corrected chi connectivity index (χ0v) is 12.5. The van der Waals surface area contributed by atoms with Crippen LogP contribution in [0.4, 0.5) is 0 Å². The van der Waals surface area contributed by atoms with Gasteiger partial charge in [0, 0.05) is 11.6 Å². The first-order valence-electron chi connectivity index (χ1n) is 7.51. The summed E-state index contributed by atoms with van der Waals surface area (Å²) in [6, 6.07) is 0. The average Bonchev–Trinajstić information content (AvgIpc) is 2.82. The zero-order chi connectivity index (χ0) is 13.8. The second-order valence-corrected chi connectivity index (χ2v) is 6.13. The summed E-state index contributed by atoms with van der Waals surface area (Å²) in [7, 11) is 0. The lowest BCUT2D eigenvalue weighted by molar-refractivity contribution is -0.906. The topological polar surface area (TPSA) is 50.1 Å². The second kappa shape index (κ2) is 6.65. The van der Waals surface area contributed by atoms with Gasteiger partial charge in [0.05, 0.1) is 26.3 Å². The number of rotatable bonds is 4. The molecule has 0 aromatic heterocycles. The van der Waals surface area contributed by atoms with Gasteiger partial charge < -0.3 is 15.0 Å². The van der Waals surface area contributed by atoms with E-state index in [0.717, 1.165) is 58.2 Å². The highest BCUT2D eigenvalue weighted by atomic mass is 32.1. The molecule has 0 bridgehead atoms. The first kappa shape index (κ1) is 14.0. The molecule has 0 spiro atoms. The van der Waals surface area contributed by atoms with Gasteiger partial charge in [-0.25, -0.2) is 0 Å². The third-order valence-electron chi connectivity index (χ3n) is 4.43. The Bertz CT molecular complexity index is 417. The summed E-state index contributed by atoms with van der Waals surface area (Å²) in [6.45, 7) is 5.92. The number of nitrogens with zero attached hydrogens (tertiary/aromatic N) is 1. The molecule has 6 heteroatoms. The van der Waals surface area contributed by atoms with Crippen LogP contribution in [0.15, 0.2) is 17.3 Å². The van der Waals surface area contributed by atoms with Crippen LogP contribution in [0.1, 0.15) is 12.8 Å². The normalized spacial score (nSPS) is 30.9. The van der Waals surface area contributed by atoms with Crippen molar-refractivity contribution in [1.29, 1.82) is 0 Å². The average molecular weight is 295 g/mol. The summed E-state index contributed by atoms with van der Waals surface area (Å²) in [5, 5.41) is 8.30. The van der Waals surface area contributed by atoms with E-state index in [-0.39, 0.29) is 0 Å². The van der Waals surface area contributed by atoms with E-state index < -0.39 is 0 Å². The molecule has 0 unspecified atom stereocenters. The summed E-state index contributed by atoms with van der Waals surface area (Å²) in [5.74, 6) is 1.38. The van der Waals surface area contributed by atoms with E-state index in [4.69, 9.17) is 17.0 Å². The van der Waals surface area contributed by atoms with Crippen molar-refractivity contribution < 1.29 is 9.64 Å². The van der Waals surface area contributed by atoms with Gasteiger partial charge in [-0.05, 0) is 31.0 Å². The molecule has 1 aliphatic heterocycles. The van der Waals surface area contributed by atoms with E-state index >= 15 is 0 Å². The molecule has 2 aliphatic carbocycles. The smallest absolute Gasteiger partial charge is 0.187 e. The van der Waals surface area contributed by atoms with E-state index in [2.05, 4.69) is 28.0 Å². The number of thiocarbonyl (C=S) groups is 1. The highest BCUT2D eigenvalue weighted by molar-refractivity contribution is 7.80. The summed E-state index contributed by atoms with van der Waals surface area (Å²) in [5.41, 5.74) is 4.25. The maximum atomic E-state index is 5.34. The number of quaternary nitrogens is 1. The first-order chi connectivity index (χ1) is 9.83. The van der Waals surface area contributed by atoms with E-state index in [1.54, 1.807) is 4.90 Å². The molecule has 0 radical (unpaired) electrons. The molecule has 2 atom stereocenters. The molecule has 0 aromatic carbocycles. The minimum absolute atomic E-state index is 0.638. The Labute approximate surface area is 125 Å². The van der Waals surface area contributed by atoms with Gasteiger partial charge in [0.2, 0.25) is 0 Å². The third-order valence-corrected chi connectivity index (χ3v) is 4.66. The zero-order valence-electron chi connectivity index (χ0n) is 11.7. The van der Waals surface area contributed by atoms with Crippen LogP contribution in [0.5, 0.6) is 0 Å². The van der Waals surface area contributed by atoms with Gasteiger partial charge in [-0.15, -0.1) is 0 Å². The number of hydrazone groups is 1. The number of ether oxygens (including phenoxy) is 1. The van der Waals surface area contributed by atoms with Crippen molar-refractivity contribution in [2.45, 2.75) is 12.8 Å². The molecule has 5 nitrogen and oxygen atoms in total. The molecule has 3 N–H and O–H groups in total. The molecule has 2 fully saturated rings. The van der Waals surface area contributed by atoms with Crippen LogP contribution >= 0.6 is 12.2 Å². The fourth-order valence-electron chi connectivity index (χ4n) is 3.09. The highest BCUT2D eigenvalue weighted by Gasteiger charge is 2.37. The Morgan fingerprint density at radius 3 is 3.10 bits per heavy atom. The third kappa shape index (κ3) is 3.37. The molecule has 0 amide bonds. The van der Waals surface area contributed by atoms with Gasteiger partial charge >= 0.3 is 0 Å². The van der Waals surface area contributed by atoms with Crippen molar-refractivity contribution in [1.82, 2.24) is 10.7 Å². The largest absolute Gasteiger partial charge is 0.370 e. The Hall–Kier alpha value is -0.980. The maximum Gasteiger partial charge on any atom is 0.187 e. The summed E-state index contributed by atoms with van der Waals surface area (Å²) in [4.78, 5) is 1.58. The van der Waals surface area contributed by atoms with Crippen LogP contribution in [-0.2, 0) is 4.74 Å². The molecule has 110 valence electrons. The van der Waals surface area contributed by atoms with Crippen molar-refractivity contribution in [2.75, 3.05) is 39.4 Å². The lowest BCUT2D eigenvalue weighted by Crippen LogP contribution is -3.14. The Balaban J connectivity index is 1.30. The number of nitrogens with one attached hydrogen (secondary N) is 3. The maximum absolute atomic E-state index is 5.34. The number of fused-ring (bicyclic) bond motifs is 1. The molecule has 1 saturated heterocycles. The van der Waals surface area contributed by atoms with Gasteiger partial charge in [-0.2, -0.15) is 5.10 Å². The highest BCUT2D eigenvalue weighted by Crippen LogP contribution is 2.39. The molecule has 20 heavy (non-hydrogen) atoms. The Morgan fingerprint density at radius 2 is 2.30 bits per heavy atom. The fourth-order valence-corrected chi connectivity index (χ4v) is 3.24. The van der Waals surface area contributed by atoms with Crippen molar-refractivity contribution in [3.05, 3.63) is 12.2 Å². The minimum Gasteiger partial charge on any atom is -0.370 e. The quantitative estimate of drug-likeness (QED) is 0.365. The van der Waals surface area contributed by atoms with Gasteiger partial charge in [-0.1, -0.05) is 12.2 Å². The predicted molar refractivity (Wildman–Crippen MR) is 82.9 cm³/mol. The Morgan fingerprint density at radius 1 is 1.45 bits per heavy atom. The van der Waals surface area contributed by atoms with Crippen molar-refractivity contribution >= 4 is 23.0 Å². The van der Waals surface area contributed by atoms with Crippen molar-refractivity contribution in [3.63, 3.8) is 0 Å². The van der Waals surface area contributed by atoms with Crippen molar-refractivity contribution in [3.8, 4) is 0 Å². The first-order valence-corrected chi connectivity index (χ1v) is 7.92. The number of morpholine rings is 1. The van der Waals surface area contributed by atoms with E-state index in [0.29, 0.717) is 11.0 Å². The lowest BCUT2D eigenvalue weighted by Gasteiger charge is -2.32. The van der Waals surface area contributed by atoms with E-state index in [9.17, 15) is 0 Å². The molecule has 3 aliphatic rings. The summed E-state index contributed by atoms with van der Waals surface area (Å²) < 4.78 is 5.34. The summed E-state index contributed by atoms with van der Waals surface area (Å²) in [6.07, 6.45) is 6.81. The molecular weight excluding hydrogens is 272 g/mol. The molecule has 3 rings (SSSR count). The monoisotopic (exact) mass is 295 g/mol. The number of hydrogen-bond donors (Lipinski definition) is 3. The number of hydrogen-bond acceptors (Lipinski definition) is 3. The SMILES string of the molecule is S=C(NCC[NH+]1CCOCC1)N/N=C1/C[C@H]2C=CC[C@@H]12. The van der Waals surface area contributed by atoms with E-state index in [1.165, 1.54) is 5.71 Å². The molecule has 0 aromatic rings. The van der Waals surface area contributed by atoms with Crippen LogP contribution in [0.25, 0.3) is 0 Å². The molecule has 1 heterocycles. The minimum atomic E-state index is 0.638. The lowest BCUT2D eigenvalue weighted by atomic mass is 9.74. The van der Waals surface area contributed by atoms with Crippen LogP contribution in [0.2, 0.25) is 0 Å². The van der Waals surface area contributed by atoms with Gasteiger partial charge in [-0.3, -0.25) is 5.43 Å². The Kier molecular flexibility index (Phi) is 4.65. The van der Waals surface area contributed by atoms with E-state index in [1.807, 2.05) is 0 Å². The fraction of sp³-hybridized carbons (Fsp3) is 0.714. The van der Waals surface area contributed by atoms with Crippen LogP contribution in [-0.4, -0.2) is 50.2 Å². The summed E-state index contributed by atoms with van der Waals surface area (Å²) >= 11 is 5.25. The standard InChI is InChI=1S/C14H22N4OS/c20-14(15-4-5-18-6-8-19-9-7-18)17-16-13-10-11-2-1-3-12(11)13/h1-2,11-12H,3-10H2,(H2,15,17,20)/p+1/b16-13-/t11-,12-/m1/s1. The van der Waals surface area contributed by atoms with Gasteiger partial charge in [0.15, 0.2) is 5.11 Å². The predicted octanol–water partition coefficient (Wildman–Crippen LogP) is -0.682. The molecule has 1 saturated carbocycles. The van der Waals surface area contributed by atoms with Crippen molar-refractivity contribution in [2.24, 2.45) is 16.9 Å². The number of allylic oxidation sites excluding steroid dienone is 2. The van der Waals surface area contributed by atoms with Crippen LogP contribution in [0.3, 0.4) is 0 Å². The van der Waals surface area contributed by atoms with Gasteiger partial charge in [0.1, 0.15) is 13.1 Å². The second-order valence-electron chi connectivity index (χ2n) is 5.72. The van der Waals surface area contributed by atoms with Gasteiger partial charge in [0.25, 0.3) is 0 Å². The van der Waals surface area contributed by atoms with Crippen LogP contribution < -0.4 is 15.6 Å². The molecular formula is C14H23N4OS+.